The quantitative estimate of drug-likeness (QED) is 0.332. The van der Waals surface area contributed by atoms with Gasteiger partial charge in [0.2, 0.25) is 5.91 Å². The number of aliphatic hydroxyl groups is 1. The van der Waals surface area contributed by atoms with E-state index in [1.54, 1.807) is 4.90 Å². The predicted octanol–water partition coefficient (Wildman–Crippen LogP) is 4.40. The minimum atomic E-state index is -1.30. The van der Waals surface area contributed by atoms with Crippen molar-refractivity contribution in [2.24, 2.45) is 0 Å². The second kappa shape index (κ2) is 12.9. The predicted molar refractivity (Wildman–Crippen MR) is 127 cm³/mol. The Kier molecular flexibility index (Phi) is 11.2. The van der Waals surface area contributed by atoms with Gasteiger partial charge in [0.15, 0.2) is 0 Å². The minimum Gasteiger partial charge on any atom is -0.392 e. The Labute approximate surface area is 223 Å². The summed E-state index contributed by atoms with van der Waals surface area (Å²) in [4.78, 5) is 15.2. The number of hydrogen-bond acceptors (Lipinski definition) is 5. The topological polar surface area (TPSA) is 66.8 Å². The van der Waals surface area contributed by atoms with Crippen LogP contribution >= 0.6 is 11.3 Å². The molecular weight excluding hydrogens is 519 g/mol. The first-order valence-corrected chi connectivity index (χ1v) is 13.0. The fourth-order valence-electron chi connectivity index (χ4n) is 3.83. The van der Waals surface area contributed by atoms with Crippen LogP contribution in [0.3, 0.4) is 0 Å². The molecule has 1 fully saturated rings. The number of nitrogens with zero attached hydrogens (tertiary/aromatic N) is 1. The number of carbonyl (C=O) groups is 1. The molecule has 5 nitrogen and oxygen atoms in total. The number of hydrogen-bond donors (Lipinski definition) is 1. The Morgan fingerprint density at radius 1 is 1.28 bits per heavy atom. The van der Waals surface area contributed by atoms with E-state index in [2.05, 4.69) is 12.3 Å². The number of unbranched alkanes of at least 4 members (excludes halogenated alkanes) is 2. The van der Waals surface area contributed by atoms with Gasteiger partial charge < -0.3 is 9.84 Å². The fraction of sp³-hybridized carbons (Fsp3) is 0.542. The molecule has 8 heteroatoms. The summed E-state index contributed by atoms with van der Waals surface area (Å²) in [5, 5.41) is 13.2. The number of aliphatic hydroxyl groups excluding tert-OH is 1. The van der Waals surface area contributed by atoms with Crippen molar-refractivity contribution in [2.45, 2.75) is 70.0 Å². The molecule has 1 aliphatic rings. The van der Waals surface area contributed by atoms with Gasteiger partial charge in [-0.15, -0.1) is 10.3 Å². The molecule has 0 aliphatic carbocycles. The summed E-state index contributed by atoms with van der Waals surface area (Å²) < 4.78 is 18.3. The van der Waals surface area contributed by atoms with Crippen molar-refractivity contribution in [3.05, 3.63) is 52.2 Å². The molecule has 1 aromatic carbocycles. The van der Waals surface area contributed by atoms with Crippen molar-refractivity contribution in [1.82, 2.24) is 0 Å². The summed E-state index contributed by atoms with van der Waals surface area (Å²) in [6, 6.07) is 11.5. The smallest absolute Gasteiger partial charge is 0.240 e. The van der Waals surface area contributed by atoms with E-state index in [1.165, 1.54) is 11.3 Å². The first-order valence-electron chi connectivity index (χ1n) is 10.8. The number of thiophene rings is 1. The van der Waals surface area contributed by atoms with E-state index in [0.717, 1.165) is 36.1 Å². The molecule has 3 atom stereocenters. The van der Waals surface area contributed by atoms with E-state index in [0.29, 0.717) is 12.3 Å². The third kappa shape index (κ3) is 6.80. The Morgan fingerprint density at radius 2 is 2.00 bits per heavy atom. The van der Waals surface area contributed by atoms with Crippen LogP contribution in [0.5, 0.6) is 0 Å². The SMILES string of the molecule is CCCCCC(O)C(C)(C)c1ccc(N2C(=O)CS(=O)C2COCc2cc[c-]s2)cc1.[Y]. The summed E-state index contributed by atoms with van der Waals surface area (Å²) in [6.45, 7) is 6.90. The molecule has 3 unspecified atom stereocenters. The number of rotatable bonds is 11. The molecule has 1 saturated heterocycles. The zero-order chi connectivity index (χ0) is 22.4. The molecular formula is C24H32NO4S2Y-. The van der Waals surface area contributed by atoms with Gasteiger partial charge in [-0.3, -0.25) is 25.2 Å². The molecule has 1 aliphatic heterocycles. The number of ether oxygens (including phenoxy) is 1. The first kappa shape index (κ1) is 27.8. The van der Waals surface area contributed by atoms with E-state index in [4.69, 9.17) is 4.74 Å². The van der Waals surface area contributed by atoms with Crippen LogP contribution < -0.4 is 4.90 Å². The Bertz CT molecular complexity index is 871. The number of benzene rings is 1. The van der Waals surface area contributed by atoms with Crippen LogP contribution in [0.25, 0.3) is 0 Å². The Morgan fingerprint density at radius 3 is 2.62 bits per heavy atom. The van der Waals surface area contributed by atoms with Gasteiger partial charge in [0.1, 0.15) is 11.1 Å². The average Bonchev–Trinajstić information content (AvgIpc) is 3.36. The van der Waals surface area contributed by atoms with Crippen molar-refractivity contribution in [2.75, 3.05) is 17.3 Å². The molecule has 0 spiro atoms. The van der Waals surface area contributed by atoms with Gasteiger partial charge in [0.25, 0.3) is 0 Å². The van der Waals surface area contributed by atoms with Crippen molar-refractivity contribution in [3.8, 4) is 0 Å². The van der Waals surface area contributed by atoms with Crippen LogP contribution in [0, 0.1) is 5.38 Å². The van der Waals surface area contributed by atoms with Crippen LogP contribution in [-0.2, 0) is 65.1 Å². The third-order valence-electron chi connectivity index (χ3n) is 5.96. The number of amides is 1. The molecule has 1 aromatic heterocycles. The monoisotopic (exact) mass is 551 g/mol. The Hall–Kier alpha value is -0.436. The van der Waals surface area contributed by atoms with Crippen LogP contribution in [-0.4, -0.2) is 39.1 Å². The number of carbonyl (C=O) groups excluding carboxylic acids is 1. The minimum absolute atomic E-state index is 0. The van der Waals surface area contributed by atoms with Gasteiger partial charge in [-0.05, 0) is 24.1 Å². The summed E-state index contributed by atoms with van der Waals surface area (Å²) in [7, 11) is -1.30. The maximum absolute atomic E-state index is 12.6. The zero-order valence-corrected chi connectivity index (χ0v) is 23.6. The van der Waals surface area contributed by atoms with Gasteiger partial charge in [-0.1, -0.05) is 52.2 Å². The van der Waals surface area contributed by atoms with E-state index in [1.807, 2.05) is 50.2 Å². The second-order valence-electron chi connectivity index (χ2n) is 8.56. The van der Waals surface area contributed by atoms with Gasteiger partial charge in [-0.25, -0.2) is 0 Å². The summed E-state index contributed by atoms with van der Waals surface area (Å²) in [5.74, 6) is -0.132. The Balaban J connectivity index is 0.00000363. The molecule has 173 valence electrons. The van der Waals surface area contributed by atoms with Crippen LogP contribution in [0.1, 0.15) is 56.9 Å². The third-order valence-corrected chi connectivity index (χ3v) is 8.22. The molecule has 0 saturated carbocycles. The maximum Gasteiger partial charge on any atom is 0.240 e. The molecule has 2 aromatic rings. The molecule has 32 heavy (non-hydrogen) atoms. The van der Waals surface area contributed by atoms with Crippen LogP contribution in [0.2, 0.25) is 0 Å². The van der Waals surface area contributed by atoms with Crippen molar-refractivity contribution >= 4 is 33.7 Å². The van der Waals surface area contributed by atoms with E-state index >= 15 is 0 Å². The van der Waals surface area contributed by atoms with E-state index < -0.39 is 22.3 Å². The second-order valence-corrected chi connectivity index (χ2v) is 11.1. The van der Waals surface area contributed by atoms with Gasteiger partial charge in [0.05, 0.1) is 23.5 Å². The van der Waals surface area contributed by atoms with E-state index in [-0.39, 0.29) is 56.4 Å². The van der Waals surface area contributed by atoms with Gasteiger partial charge in [-0.2, -0.15) is 12.1 Å². The molecule has 3 rings (SSSR count). The largest absolute Gasteiger partial charge is 0.392 e. The molecule has 1 N–H and O–H groups in total. The van der Waals surface area contributed by atoms with E-state index in [9.17, 15) is 14.1 Å². The normalized spacial score (nSPS) is 19.8. The van der Waals surface area contributed by atoms with Crippen molar-refractivity contribution in [3.63, 3.8) is 0 Å². The van der Waals surface area contributed by atoms with Gasteiger partial charge in [0, 0.05) is 50.4 Å². The molecule has 2 heterocycles. The maximum atomic E-state index is 12.6. The first-order chi connectivity index (χ1) is 14.8. The standard InChI is InChI=1S/C24H32NO4S2.Y/c1-4-5-6-9-21(26)24(2,3)18-10-12-19(13-11-18)25-22(27)17-31(28)23(25)16-29-15-20-8-7-14-30-20;/h7-8,10-13,21,23,26H,4-6,9,15-17H2,1-3H3;/q-1;. The molecule has 1 amide bonds. The molecule has 1 radical (unpaired) electrons. The van der Waals surface area contributed by atoms with Crippen LogP contribution in [0.15, 0.2) is 36.4 Å². The summed E-state index contributed by atoms with van der Waals surface area (Å²) in [5.41, 5.74) is 1.35. The van der Waals surface area contributed by atoms with Crippen molar-refractivity contribution < 1.29 is 51.6 Å². The van der Waals surface area contributed by atoms with Crippen LogP contribution in [0.4, 0.5) is 5.69 Å². The van der Waals surface area contributed by atoms with Crippen molar-refractivity contribution in [1.29, 1.82) is 0 Å². The number of anilines is 1. The average molecular weight is 552 g/mol. The van der Waals surface area contributed by atoms with Gasteiger partial charge >= 0.3 is 0 Å². The zero-order valence-electron chi connectivity index (χ0n) is 19.1. The summed E-state index contributed by atoms with van der Waals surface area (Å²) >= 11 is 1.49. The fourth-order valence-corrected chi connectivity index (χ4v) is 5.69. The summed E-state index contributed by atoms with van der Waals surface area (Å²) in [6.07, 6.45) is 3.60. The molecule has 0 bridgehead atoms.